The third kappa shape index (κ3) is 3.79. The first-order chi connectivity index (χ1) is 11.0. The smallest absolute Gasteiger partial charge is 0.326 e. The van der Waals surface area contributed by atoms with E-state index in [1.54, 1.807) is 6.20 Å². The second-order valence-electron chi connectivity index (χ2n) is 8.34. The lowest BCUT2D eigenvalue weighted by Crippen LogP contribution is -2.52. The van der Waals surface area contributed by atoms with Crippen LogP contribution in [0.4, 0.5) is 0 Å². The average Bonchev–Trinajstić information content (AvgIpc) is 3.03. The van der Waals surface area contributed by atoms with Crippen molar-refractivity contribution in [1.29, 1.82) is 5.26 Å². The molecule has 3 atom stereocenters. The van der Waals surface area contributed by atoms with Gasteiger partial charge < -0.3 is 4.74 Å². The number of thiazole rings is 1. The molecule has 0 aliphatic carbocycles. The number of carbonyl (C=O) groups is 1. The Morgan fingerprint density at radius 2 is 2.25 bits per heavy atom. The molecule has 5 nitrogen and oxygen atoms in total. The van der Waals surface area contributed by atoms with Gasteiger partial charge in [0.25, 0.3) is 0 Å². The van der Waals surface area contributed by atoms with E-state index in [9.17, 15) is 10.1 Å². The quantitative estimate of drug-likeness (QED) is 0.836. The van der Waals surface area contributed by atoms with E-state index in [-0.39, 0.29) is 12.0 Å². The largest absolute Gasteiger partial charge is 0.459 e. The number of hydrogen-bond acceptors (Lipinski definition) is 6. The minimum Gasteiger partial charge on any atom is -0.459 e. The molecule has 1 saturated heterocycles. The SMILES string of the molecule is CC(C)C[C@@]1(C(=O)OC(C)(C)C)C[C@@](C)(C#N)[C@H](c2nccs2)N1. The first-order valence-corrected chi connectivity index (χ1v) is 9.21. The number of nitriles is 1. The fourth-order valence-electron chi connectivity index (χ4n) is 3.45. The zero-order valence-electron chi connectivity index (χ0n) is 15.3. The van der Waals surface area contributed by atoms with Gasteiger partial charge in [0.1, 0.15) is 16.1 Å². The van der Waals surface area contributed by atoms with Crippen LogP contribution in [0.2, 0.25) is 0 Å². The van der Waals surface area contributed by atoms with Crippen LogP contribution >= 0.6 is 11.3 Å². The number of rotatable bonds is 4. The Labute approximate surface area is 148 Å². The Bertz CT molecular complexity index is 630. The first kappa shape index (κ1) is 18.9. The van der Waals surface area contributed by atoms with Gasteiger partial charge in [0, 0.05) is 11.6 Å². The molecule has 1 aliphatic rings. The predicted molar refractivity (Wildman–Crippen MR) is 94.4 cm³/mol. The van der Waals surface area contributed by atoms with Crippen LogP contribution in [0.3, 0.4) is 0 Å². The maximum atomic E-state index is 13.0. The molecule has 1 aromatic heterocycles. The molecule has 24 heavy (non-hydrogen) atoms. The number of hydrogen-bond donors (Lipinski definition) is 1. The first-order valence-electron chi connectivity index (χ1n) is 8.33. The van der Waals surface area contributed by atoms with Crippen LogP contribution in [0, 0.1) is 22.7 Å². The van der Waals surface area contributed by atoms with Crippen LogP contribution in [-0.4, -0.2) is 22.1 Å². The van der Waals surface area contributed by atoms with Gasteiger partial charge in [-0.1, -0.05) is 13.8 Å². The van der Waals surface area contributed by atoms with Gasteiger partial charge in [-0.05, 0) is 46.5 Å². The highest BCUT2D eigenvalue weighted by atomic mass is 32.1. The number of nitrogens with zero attached hydrogens (tertiary/aromatic N) is 2. The topological polar surface area (TPSA) is 75.0 Å². The van der Waals surface area contributed by atoms with Crippen LogP contribution in [0.15, 0.2) is 11.6 Å². The summed E-state index contributed by atoms with van der Waals surface area (Å²) < 4.78 is 5.70. The molecule has 0 amide bonds. The third-order valence-corrected chi connectivity index (χ3v) is 5.07. The van der Waals surface area contributed by atoms with E-state index in [0.29, 0.717) is 18.8 Å². The molecule has 0 aromatic carbocycles. The van der Waals surface area contributed by atoms with Crippen molar-refractivity contribution in [3.8, 4) is 6.07 Å². The van der Waals surface area contributed by atoms with Crippen molar-refractivity contribution in [2.24, 2.45) is 11.3 Å². The van der Waals surface area contributed by atoms with Crippen LogP contribution in [0.25, 0.3) is 0 Å². The summed E-state index contributed by atoms with van der Waals surface area (Å²) in [5, 5.41) is 16.0. The second kappa shape index (κ2) is 6.45. The number of aromatic nitrogens is 1. The highest BCUT2D eigenvalue weighted by Crippen LogP contribution is 2.50. The second-order valence-corrected chi connectivity index (χ2v) is 9.26. The minimum atomic E-state index is -0.859. The van der Waals surface area contributed by atoms with Crippen LogP contribution in [-0.2, 0) is 9.53 Å². The van der Waals surface area contributed by atoms with Crippen molar-refractivity contribution in [3.63, 3.8) is 0 Å². The summed E-state index contributed by atoms with van der Waals surface area (Å²) in [4.78, 5) is 17.4. The van der Waals surface area contributed by atoms with Crippen molar-refractivity contribution in [1.82, 2.24) is 10.3 Å². The molecule has 0 spiro atoms. The monoisotopic (exact) mass is 349 g/mol. The normalized spacial score (nSPS) is 30.3. The summed E-state index contributed by atoms with van der Waals surface area (Å²) in [6.45, 7) is 11.7. The van der Waals surface area contributed by atoms with E-state index in [4.69, 9.17) is 4.74 Å². The van der Waals surface area contributed by atoms with E-state index in [0.717, 1.165) is 5.01 Å². The molecular formula is C18H27N3O2S. The van der Waals surface area contributed by atoms with Crippen molar-refractivity contribution in [2.75, 3.05) is 0 Å². The number of nitrogens with one attached hydrogen (secondary N) is 1. The molecule has 1 fully saturated rings. The van der Waals surface area contributed by atoms with Gasteiger partial charge in [-0.25, -0.2) is 4.98 Å². The third-order valence-electron chi connectivity index (χ3n) is 4.23. The summed E-state index contributed by atoms with van der Waals surface area (Å²) in [6.07, 6.45) is 2.78. The van der Waals surface area contributed by atoms with Gasteiger partial charge in [0.05, 0.1) is 17.5 Å². The fraction of sp³-hybridized carbons (Fsp3) is 0.722. The van der Waals surface area contributed by atoms with Crippen molar-refractivity contribution >= 4 is 17.3 Å². The molecular weight excluding hydrogens is 322 g/mol. The maximum absolute atomic E-state index is 13.0. The Hall–Kier alpha value is -1.45. The van der Waals surface area contributed by atoms with Gasteiger partial charge >= 0.3 is 5.97 Å². The van der Waals surface area contributed by atoms with Gasteiger partial charge in [-0.2, -0.15) is 5.26 Å². The number of ether oxygens (including phenoxy) is 1. The molecule has 1 aromatic rings. The van der Waals surface area contributed by atoms with Crippen molar-refractivity contribution in [3.05, 3.63) is 16.6 Å². The lowest BCUT2D eigenvalue weighted by Gasteiger charge is -2.33. The van der Waals surface area contributed by atoms with E-state index in [2.05, 4.69) is 30.2 Å². The van der Waals surface area contributed by atoms with Crippen molar-refractivity contribution < 1.29 is 9.53 Å². The van der Waals surface area contributed by atoms with Gasteiger partial charge in [0.15, 0.2) is 0 Å². The molecule has 1 aliphatic heterocycles. The van der Waals surface area contributed by atoms with Gasteiger partial charge in [-0.3, -0.25) is 10.1 Å². The predicted octanol–water partition coefficient (Wildman–Crippen LogP) is 3.83. The molecule has 1 N–H and O–H groups in total. The Kier molecular flexibility index (Phi) is 5.08. The zero-order chi connectivity index (χ0) is 18.2. The van der Waals surface area contributed by atoms with E-state index >= 15 is 0 Å². The molecule has 0 unspecified atom stereocenters. The fourth-order valence-corrected chi connectivity index (χ4v) is 4.29. The summed E-state index contributed by atoms with van der Waals surface area (Å²) >= 11 is 1.51. The molecule has 6 heteroatoms. The highest BCUT2D eigenvalue weighted by molar-refractivity contribution is 7.09. The van der Waals surface area contributed by atoms with Crippen LogP contribution in [0.1, 0.15) is 65.4 Å². The molecule has 2 rings (SSSR count). The average molecular weight is 350 g/mol. The summed E-state index contributed by atoms with van der Waals surface area (Å²) in [5.41, 5.74) is -2.13. The Morgan fingerprint density at radius 3 is 2.71 bits per heavy atom. The summed E-state index contributed by atoms with van der Waals surface area (Å²) in [6, 6.07) is 2.15. The zero-order valence-corrected chi connectivity index (χ0v) is 16.2. The van der Waals surface area contributed by atoms with Gasteiger partial charge in [0.2, 0.25) is 0 Å². The minimum absolute atomic E-state index is 0.270. The lowest BCUT2D eigenvalue weighted by molar-refractivity contribution is -0.163. The lowest BCUT2D eigenvalue weighted by atomic mass is 9.77. The van der Waals surface area contributed by atoms with Crippen molar-refractivity contribution in [2.45, 2.75) is 71.6 Å². The van der Waals surface area contributed by atoms with Crippen LogP contribution < -0.4 is 5.32 Å². The molecule has 0 bridgehead atoms. The van der Waals surface area contributed by atoms with Gasteiger partial charge in [-0.15, -0.1) is 11.3 Å². The standard InChI is InChI=1S/C18H27N3O2S/c1-12(2)9-18(15(22)23-16(3,4)5)10-17(6,11-19)13(21-18)14-20-7-8-24-14/h7-8,12-13,21H,9-10H2,1-6H3/t13-,17-,18-/m0/s1. The van der Waals surface area contributed by atoms with Crippen LogP contribution in [0.5, 0.6) is 0 Å². The van der Waals surface area contributed by atoms with E-state index < -0.39 is 16.6 Å². The summed E-state index contributed by atoms with van der Waals surface area (Å²) in [5.74, 6) is 0.0206. The molecule has 0 radical (unpaired) electrons. The van der Waals surface area contributed by atoms with E-state index in [1.165, 1.54) is 11.3 Å². The Balaban J connectivity index is 2.42. The molecule has 2 heterocycles. The number of esters is 1. The molecule has 132 valence electrons. The summed E-state index contributed by atoms with van der Waals surface area (Å²) in [7, 11) is 0. The highest BCUT2D eigenvalue weighted by Gasteiger charge is 2.58. The van der Waals surface area contributed by atoms with E-state index in [1.807, 2.05) is 33.1 Å². The Morgan fingerprint density at radius 1 is 1.58 bits per heavy atom. The number of carbonyl (C=O) groups excluding carboxylic acids is 1. The maximum Gasteiger partial charge on any atom is 0.326 e. The molecule has 0 saturated carbocycles.